The average Bonchev–Trinajstić information content (AvgIpc) is 2.45. The van der Waals surface area contributed by atoms with Gasteiger partial charge in [0.05, 0.1) is 23.7 Å². The summed E-state index contributed by atoms with van der Waals surface area (Å²) in [5.74, 6) is 0.722. The standard InChI is InChI=1S/C15H19N3OS/c1-3-11(9-19-2)17-15-12(14(16)20)8-10-6-4-5-7-13(10)18-15/h4-8,11H,3,9H2,1-2H3,(H2,16,20)(H,17,18). The van der Waals surface area contributed by atoms with E-state index in [0.29, 0.717) is 11.6 Å². The summed E-state index contributed by atoms with van der Waals surface area (Å²) >= 11 is 5.13. The highest BCUT2D eigenvalue weighted by atomic mass is 32.1. The van der Waals surface area contributed by atoms with Crippen molar-refractivity contribution in [2.45, 2.75) is 19.4 Å². The van der Waals surface area contributed by atoms with E-state index in [-0.39, 0.29) is 6.04 Å². The van der Waals surface area contributed by atoms with Gasteiger partial charge in [-0.15, -0.1) is 0 Å². The number of benzene rings is 1. The number of ether oxygens (including phenoxy) is 1. The summed E-state index contributed by atoms with van der Waals surface area (Å²) in [4.78, 5) is 4.98. The van der Waals surface area contributed by atoms with E-state index in [1.54, 1.807) is 7.11 Å². The lowest BCUT2D eigenvalue weighted by molar-refractivity contribution is 0.184. The third-order valence-electron chi connectivity index (χ3n) is 3.19. The first-order chi connectivity index (χ1) is 9.65. The minimum Gasteiger partial charge on any atom is -0.389 e. The Labute approximate surface area is 124 Å². The molecule has 1 aromatic carbocycles. The molecule has 1 aromatic heterocycles. The lowest BCUT2D eigenvalue weighted by Crippen LogP contribution is -2.26. The van der Waals surface area contributed by atoms with Crippen LogP contribution in [0.5, 0.6) is 0 Å². The van der Waals surface area contributed by atoms with Crippen LogP contribution in [0.2, 0.25) is 0 Å². The van der Waals surface area contributed by atoms with Crippen molar-refractivity contribution in [3.8, 4) is 0 Å². The van der Waals surface area contributed by atoms with E-state index in [1.807, 2.05) is 30.3 Å². The molecule has 0 fully saturated rings. The van der Waals surface area contributed by atoms with E-state index >= 15 is 0 Å². The summed E-state index contributed by atoms with van der Waals surface area (Å²) in [7, 11) is 1.69. The van der Waals surface area contributed by atoms with Gasteiger partial charge in [0.25, 0.3) is 0 Å². The van der Waals surface area contributed by atoms with E-state index in [2.05, 4.69) is 17.2 Å². The molecule has 3 N–H and O–H groups in total. The van der Waals surface area contributed by atoms with Crippen molar-refractivity contribution in [3.63, 3.8) is 0 Å². The molecule has 0 amide bonds. The Morgan fingerprint density at radius 3 is 2.85 bits per heavy atom. The average molecular weight is 289 g/mol. The minimum absolute atomic E-state index is 0.182. The molecule has 0 aliphatic heterocycles. The van der Waals surface area contributed by atoms with E-state index in [9.17, 15) is 0 Å². The smallest absolute Gasteiger partial charge is 0.137 e. The first kappa shape index (κ1) is 14.7. The molecule has 1 atom stereocenters. The van der Waals surface area contributed by atoms with Gasteiger partial charge in [-0.1, -0.05) is 37.3 Å². The van der Waals surface area contributed by atoms with Crippen LogP contribution in [-0.2, 0) is 4.74 Å². The number of para-hydroxylation sites is 1. The Bertz CT molecular complexity index is 615. The quantitative estimate of drug-likeness (QED) is 0.801. The Balaban J connectivity index is 2.43. The number of nitrogens with one attached hydrogen (secondary N) is 1. The SMILES string of the molecule is CCC(COC)Nc1nc2ccccc2cc1C(N)=S. The van der Waals surface area contributed by atoms with Crippen molar-refractivity contribution < 1.29 is 4.74 Å². The molecule has 2 rings (SSSR count). The third-order valence-corrected chi connectivity index (χ3v) is 3.41. The molecule has 0 spiro atoms. The molecule has 2 aromatic rings. The van der Waals surface area contributed by atoms with Gasteiger partial charge in [0.2, 0.25) is 0 Å². The molecule has 20 heavy (non-hydrogen) atoms. The Kier molecular flexibility index (Phi) is 4.87. The number of anilines is 1. The molecule has 0 radical (unpaired) electrons. The highest BCUT2D eigenvalue weighted by molar-refractivity contribution is 7.80. The zero-order chi connectivity index (χ0) is 14.5. The Morgan fingerprint density at radius 2 is 2.20 bits per heavy atom. The summed E-state index contributed by atoms with van der Waals surface area (Å²) in [5.41, 5.74) is 7.51. The van der Waals surface area contributed by atoms with Crippen LogP contribution >= 0.6 is 12.2 Å². The summed E-state index contributed by atoms with van der Waals surface area (Å²) in [5, 5.41) is 4.40. The number of pyridine rings is 1. The summed E-state index contributed by atoms with van der Waals surface area (Å²) in [6.45, 7) is 2.71. The zero-order valence-corrected chi connectivity index (χ0v) is 12.5. The number of fused-ring (bicyclic) bond motifs is 1. The monoisotopic (exact) mass is 289 g/mol. The van der Waals surface area contributed by atoms with E-state index < -0.39 is 0 Å². The molecule has 106 valence electrons. The van der Waals surface area contributed by atoms with Gasteiger partial charge in [0.1, 0.15) is 10.8 Å². The molecule has 1 unspecified atom stereocenters. The van der Waals surface area contributed by atoms with Gasteiger partial charge in [-0.2, -0.15) is 0 Å². The van der Waals surface area contributed by atoms with Crippen molar-refractivity contribution in [2.24, 2.45) is 5.73 Å². The number of hydrogen-bond donors (Lipinski definition) is 2. The fourth-order valence-electron chi connectivity index (χ4n) is 2.07. The van der Waals surface area contributed by atoms with Crippen LogP contribution in [0, 0.1) is 0 Å². The zero-order valence-electron chi connectivity index (χ0n) is 11.7. The van der Waals surface area contributed by atoms with Crippen molar-refractivity contribution in [1.82, 2.24) is 4.98 Å². The van der Waals surface area contributed by atoms with Gasteiger partial charge in [-0.25, -0.2) is 4.98 Å². The number of methoxy groups -OCH3 is 1. The highest BCUT2D eigenvalue weighted by Crippen LogP contribution is 2.21. The maximum absolute atomic E-state index is 5.82. The van der Waals surface area contributed by atoms with Gasteiger partial charge in [0.15, 0.2) is 0 Å². The Morgan fingerprint density at radius 1 is 1.45 bits per heavy atom. The van der Waals surface area contributed by atoms with Gasteiger partial charge in [-0.05, 0) is 18.6 Å². The number of nitrogens with zero attached hydrogens (tertiary/aromatic N) is 1. The van der Waals surface area contributed by atoms with E-state index in [1.165, 1.54) is 0 Å². The number of thiocarbonyl (C=S) groups is 1. The van der Waals surface area contributed by atoms with Crippen molar-refractivity contribution in [1.29, 1.82) is 0 Å². The normalized spacial score (nSPS) is 12.3. The Hall–Kier alpha value is -1.72. The molecule has 1 heterocycles. The number of rotatable bonds is 6. The second-order valence-corrected chi connectivity index (χ2v) is 5.09. The second kappa shape index (κ2) is 6.63. The van der Waals surface area contributed by atoms with Gasteiger partial charge < -0.3 is 15.8 Å². The first-order valence-electron chi connectivity index (χ1n) is 6.60. The molecule has 5 heteroatoms. The largest absolute Gasteiger partial charge is 0.389 e. The molecule has 0 bridgehead atoms. The lowest BCUT2D eigenvalue weighted by atomic mass is 10.1. The lowest BCUT2D eigenvalue weighted by Gasteiger charge is -2.19. The van der Waals surface area contributed by atoms with Crippen molar-refractivity contribution in [3.05, 3.63) is 35.9 Å². The second-order valence-electron chi connectivity index (χ2n) is 4.65. The van der Waals surface area contributed by atoms with Gasteiger partial charge >= 0.3 is 0 Å². The van der Waals surface area contributed by atoms with Crippen LogP contribution in [0.4, 0.5) is 5.82 Å². The van der Waals surface area contributed by atoms with Crippen LogP contribution in [0.25, 0.3) is 10.9 Å². The highest BCUT2D eigenvalue weighted by Gasteiger charge is 2.13. The predicted molar refractivity (Wildman–Crippen MR) is 87.2 cm³/mol. The minimum atomic E-state index is 0.182. The van der Waals surface area contributed by atoms with Crippen LogP contribution in [0.3, 0.4) is 0 Å². The maximum atomic E-state index is 5.82. The summed E-state index contributed by atoms with van der Waals surface area (Å²) in [6.07, 6.45) is 0.930. The summed E-state index contributed by atoms with van der Waals surface area (Å²) in [6, 6.07) is 10.1. The van der Waals surface area contributed by atoms with Crippen LogP contribution in [0.15, 0.2) is 30.3 Å². The van der Waals surface area contributed by atoms with Gasteiger partial charge in [0, 0.05) is 12.5 Å². The predicted octanol–water partition coefficient (Wildman–Crippen LogP) is 2.71. The topological polar surface area (TPSA) is 60.2 Å². The molecular weight excluding hydrogens is 270 g/mol. The van der Waals surface area contributed by atoms with Gasteiger partial charge in [-0.3, -0.25) is 0 Å². The number of aromatic nitrogens is 1. The number of hydrogen-bond acceptors (Lipinski definition) is 4. The van der Waals surface area contributed by atoms with Crippen molar-refractivity contribution >= 4 is 33.9 Å². The fourth-order valence-corrected chi connectivity index (χ4v) is 2.23. The van der Waals surface area contributed by atoms with Crippen LogP contribution in [0.1, 0.15) is 18.9 Å². The van der Waals surface area contributed by atoms with E-state index in [0.717, 1.165) is 28.7 Å². The number of nitrogens with two attached hydrogens (primary N) is 1. The molecular formula is C15H19N3OS. The van der Waals surface area contributed by atoms with Crippen LogP contribution < -0.4 is 11.1 Å². The fraction of sp³-hybridized carbons (Fsp3) is 0.333. The molecule has 0 saturated heterocycles. The maximum Gasteiger partial charge on any atom is 0.137 e. The first-order valence-corrected chi connectivity index (χ1v) is 7.01. The molecule has 0 aliphatic rings. The molecule has 0 saturated carbocycles. The molecule has 4 nitrogen and oxygen atoms in total. The van der Waals surface area contributed by atoms with E-state index in [4.69, 9.17) is 22.7 Å². The van der Waals surface area contributed by atoms with Crippen molar-refractivity contribution in [2.75, 3.05) is 19.0 Å². The van der Waals surface area contributed by atoms with Crippen LogP contribution in [-0.4, -0.2) is 29.7 Å². The molecule has 0 aliphatic carbocycles. The third kappa shape index (κ3) is 3.23. The summed E-state index contributed by atoms with van der Waals surface area (Å²) < 4.78 is 5.20.